The Bertz CT molecular complexity index is 363. The molecule has 0 unspecified atom stereocenters. The second-order valence-corrected chi connectivity index (χ2v) is 7.87. The highest BCUT2D eigenvalue weighted by Gasteiger charge is 2.34. The summed E-state index contributed by atoms with van der Waals surface area (Å²) in [5, 5.41) is 8.82. The van der Waals surface area contributed by atoms with Gasteiger partial charge in [-0.1, -0.05) is 46.8 Å². The Kier molecular flexibility index (Phi) is 3.19. The monoisotopic (exact) mass is 237 g/mol. The van der Waals surface area contributed by atoms with Crippen LogP contribution in [0.3, 0.4) is 0 Å². The van der Waals surface area contributed by atoms with Gasteiger partial charge >= 0.3 is 0 Å². The predicted octanol–water partition coefficient (Wildman–Crippen LogP) is 3.63. The summed E-state index contributed by atoms with van der Waals surface area (Å²) in [6, 6.07) is 0. The zero-order valence-electron chi connectivity index (χ0n) is 12.8. The van der Waals surface area contributed by atoms with Gasteiger partial charge < -0.3 is 0 Å². The van der Waals surface area contributed by atoms with Crippen LogP contribution in [0.15, 0.2) is 0 Å². The van der Waals surface area contributed by atoms with Gasteiger partial charge in [0.1, 0.15) is 0 Å². The summed E-state index contributed by atoms with van der Waals surface area (Å²) in [5.74, 6) is 0. The van der Waals surface area contributed by atoms with Gasteiger partial charge in [0.05, 0.1) is 16.9 Å². The van der Waals surface area contributed by atoms with Gasteiger partial charge in [0.15, 0.2) is 0 Å². The van der Waals surface area contributed by atoms with Gasteiger partial charge in [0.25, 0.3) is 0 Å². The normalized spacial score (nSPS) is 14.2. The fourth-order valence-electron chi connectivity index (χ4n) is 1.93. The number of nitrogens with zero attached hydrogens (tertiary/aromatic N) is 3. The molecule has 0 bridgehead atoms. The van der Waals surface area contributed by atoms with Crippen molar-refractivity contribution >= 4 is 0 Å². The lowest BCUT2D eigenvalue weighted by Gasteiger charge is -2.30. The predicted molar refractivity (Wildman–Crippen MR) is 72.4 cm³/mol. The molecule has 98 valence electrons. The van der Waals surface area contributed by atoms with Crippen molar-refractivity contribution in [2.24, 2.45) is 0 Å². The first kappa shape index (κ1) is 14.2. The van der Waals surface area contributed by atoms with E-state index in [-0.39, 0.29) is 16.4 Å². The highest BCUT2D eigenvalue weighted by atomic mass is 15.5. The standard InChI is InChI=1S/C14H27N3/c1-12(2,3)10-11(13(4,5)6)17(16-15-10)14(7,8)9/h1-9H3. The first-order valence-electron chi connectivity index (χ1n) is 6.32. The number of aromatic nitrogens is 3. The summed E-state index contributed by atoms with van der Waals surface area (Å²) >= 11 is 0. The average Bonchev–Trinajstić information content (AvgIpc) is 2.42. The largest absolute Gasteiger partial charge is 0.243 e. The molecule has 0 saturated heterocycles. The Balaban J connectivity index is 3.53. The molecule has 3 heteroatoms. The highest BCUT2D eigenvalue weighted by molar-refractivity contribution is 5.26. The van der Waals surface area contributed by atoms with E-state index >= 15 is 0 Å². The van der Waals surface area contributed by atoms with Crippen molar-refractivity contribution in [2.45, 2.75) is 78.7 Å². The molecule has 0 amide bonds. The molecule has 0 aromatic carbocycles. The van der Waals surface area contributed by atoms with Crippen LogP contribution in [-0.2, 0) is 16.4 Å². The van der Waals surface area contributed by atoms with Gasteiger partial charge in [-0.05, 0) is 20.8 Å². The minimum Gasteiger partial charge on any atom is -0.243 e. The molecule has 0 radical (unpaired) electrons. The highest BCUT2D eigenvalue weighted by Crippen LogP contribution is 2.34. The van der Waals surface area contributed by atoms with E-state index in [0.717, 1.165) is 5.69 Å². The van der Waals surface area contributed by atoms with E-state index in [4.69, 9.17) is 0 Å². The minimum atomic E-state index is -0.0287. The van der Waals surface area contributed by atoms with E-state index in [2.05, 4.69) is 77.3 Å². The van der Waals surface area contributed by atoms with Crippen molar-refractivity contribution in [1.29, 1.82) is 0 Å². The van der Waals surface area contributed by atoms with Gasteiger partial charge in [-0.3, -0.25) is 0 Å². The number of hydrogen-bond acceptors (Lipinski definition) is 2. The topological polar surface area (TPSA) is 30.7 Å². The van der Waals surface area contributed by atoms with Gasteiger partial charge in [-0.25, -0.2) is 4.68 Å². The zero-order chi connectivity index (χ0) is 13.6. The van der Waals surface area contributed by atoms with Crippen LogP contribution in [-0.4, -0.2) is 15.0 Å². The third-order valence-electron chi connectivity index (χ3n) is 2.73. The van der Waals surface area contributed by atoms with Crippen LogP contribution >= 0.6 is 0 Å². The van der Waals surface area contributed by atoms with Crippen molar-refractivity contribution in [3.05, 3.63) is 11.4 Å². The molecule has 3 nitrogen and oxygen atoms in total. The molecule has 0 fully saturated rings. The van der Waals surface area contributed by atoms with Crippen LogP contribution in [0.5, 0.6) is 0 Å². The lowest BCUT2D eigenvalue weighted by Crippen LogP contribution is -2.32. The lowest BCUT2D eigenvalue weighted by molar-refractivity contribution is 0.315. The van der Waals surface area contributed by atoms with Crippen LogP contribution in [0.1, 0.15) is 73.7 Å². The fraction of sp³-hybridized carbons (Fsp3) is 0.857. The van der Waals surface area contributed by atoms with Crippen molar-refractivity contribution < 1.29 is 0 Å². The second-order valence-electron chi connectivity index (χ2n) is 7.87. The van der Waals surface area contributed by atoms with E-state index in [1.165, 1.54) is 5.69 Å². The molecule has 1 aromatic rings. The Morgan fingerprint density at radius 2 is 1.24 bits per heavy atom. The maximum atomic E-state index is 4.43. The Labute approximate surface area is 106 Å². The van der Waals surface area contributed by atoms with E-state index < -0.39 is 0 Å². The first-order valence-corrected chi connectivity index (χ1v) is 6.32. The first-order chi connectivity index (χ1) is 7.35. The maximum Gasteiger partial charge on any atom is 0.0918 e. The molecule has 0 spiro atoms. The molecule has 0 aliphatic carbocycles. The molecule has 0 aliphatic rings. The average molecular weight is 237 g/mol. The van der Waals surface area contributed by atoms with Gasteiger partial charge in [0, 0.05) is 10.8 Å². The van der Waals surface area contributed by atoms with Crippen molar-refractivity contribution in [1.82, 2.24) is 15.0 Å². The Morgan fingerprint density at radius 3 is 1.53 bits per heavy atom. The zero-order valence-corrected chi connectivity index (χ0v) is 12.8. The summed E-state index contributed by atoms with van der Waals surface area (Å²) < 4.78 is 2.08. The van der Waals surface area contributed by atoms with Gasteiger partial charge in [-0.15, -0.1) is 5.10 Å². The van der Waals surface area contributed by atoms with Crippen molar-refractivity contribution in [2.75, 3.05) is 0 Å². The molecule has 0 saturated carbocycles. The fourth-order valence-corrected chi connectivity index (χ4v) is 1.93. The summed E-state index contributed by atoms with van der Waals surface area (Å²) in [6.07, 6.45) is 0. The van der Waals surface area contributed by atoms with E-state index in [1.807, 2.05) is 0 Å². The van der Waals surface area contributed by atoms with E-state index in [9.17, 15) is 0 Å². The Hall–Kier alpha value is -0.860. The minimum absolute atomic E-state index is 0.0287. The molecule has 1 rings (SSSR count). The summed E-state index contributed by atoms with van der Waals surface area (Å²) in [5.41, 5.74) is 2.42. The van der Waals surface area contributed by atoms with Crippen molar-refractivity contribution in [3.8, 4) is 0 Å². The molecule has 0 N–H and O–H groups in total. The summed E-state index contributed by atoms with van der Waals surface area (Å²) in [4.78, 5) is 0. The summed E-state index contributed by atoms with van der Waals surface area (Å²) in [6.45, 7) is 19.8. The number of rotatable bonds is 0. The van der Waals surface area contributed by atoms with E-state index in [0.29, 0.717) is 0 Å². The van der Waals surface area contributed by atoms with Crippen LogP contribution in [0.4, 0.5) is 0 Å². The SMILES string of the molecule is CC(C)(C)c1nnn(C(C)(C)C)c1C(C)(C)C. The molecule has 0 aliphatic heterocycles. The van der Waals surface area contributed by atoms with Crippen LogP contribution in [0, 0.1) is 0 Å². The lowest BCUT2D eigenvalue weighted by atomic mass is 9.81. The van der Waals surface area contributed by atoms with Gasteiger partial charge in [-0.2, -0.15) is 0 Å². The second kappa shape index (κ2) is 3.82. The maximum absolute atomic E-state index is 4.43. The molecule has 17 heavy (non-hydrogen) atoms. The molecule has 0 atom stereocenters. The third-order valence-corrected chi connectivity index (χ3v) is 2.73. The molecular formula is C14H27N3. The Morgan fingerprint density at radius 1 is 0.765 bits per heavy atom. The smallest absolute Gasteiger partial charge is 0.0918 e. The quantitative estimate of drug-likeness (QED) is 0.690. The van der Waals surface area contributed by atoms with Crippen molar-refractivity contribution in [3.63, 3.8) is 0 Å². The van der Waals surface area contributed by atoms with Crippen LogP contribution < -0.4 is 0 Å². The molecule has 1 heterocycles. The van der Waals surface area contributed by atoms with Crippen LogP contribution in [0.2, 0.25) is 0 Å². The molecule has 1 aromatic heterocycles. The number of hydrogen-bond donors (Lipinski definition) is 0. The molecular weight excluding hydrogens is 210 g/mol. The third kappa shape index (κ3) is 2.88. The van der Waals surface area contributed by atoms with E-state index in [1.54, 1.807) is 0 Å². The summed E-state index contributed by atoms with van der Waals surface area (Å²) in [7, 11) is 0. The van der Waals surface area contributed by atoms with Gasteiger partial charge in [0.2, 0.25) is 0 Å². The van der Waals surface area contributed by atoms with Crippen LogP contribution in [0.25, 0.3) is 0 Å².